The summed E-state index contributed by atoms with van der Waals surface area (Å²) in [5.74, 6) is -0.554. The molecular weight excluding hydrogens is 296 g/mol. The third-order valence-corrected chi connectivity index (χ3v) is 2.91. The van der Waals surface area contributed by atoms with Crippen molar-refractivity contribution < 1.29 is 19.1 Å². The van der Waals surface area contributed by atoms with E-state index in [1.54, 1.807) is 48.5 Å². The molecule has 23 heavy (non-hydrogen) atoms. The molecule has 1 amide bonds. The largest absolute Gasteiger partial charge is 0.438 e. The second kappa shape index (κ2) is 7.74. The maximum absolute atomic E-state index is 11.6. The van der Waals surface area contributed by atoms with E-state index in [1.807, 2.05) is 13.0 Å². The van der Waals surface area contributed by atoms with Crippen LogP contribution in [0.2, 0.25) is 0 Å². The molecule has 0 atom stereocenters. The van der Waals surface area contributed by atoms with Crippen LogP contribution in [0.25, 0.3) is 0 Å². The summed E-state index contributed by atoms with van der Waals surface area (Å²) in [6.45, 7) is 1.37. The molecule has 0 spiro atoms. The van der Waals surface area contributed by atoms with Crippen LogP contribution in [-0.2, 0) is 9.47 Å². The van der Waals surface area contributed by atoms with Crippen molar-refractivity contribution in [3.8, 4) is 0 Å². The van der Waals surface area contributed by atoms with Crippen LogP contribution in [0.1, 0.15) is 21.5 Å². The van der Waals surface area contributed by atoms with Crippen molar-refractivity contribution in [1.29, 1.82) is 0 Å². The lowest BCUT2D eigenvalue weighted by molar-refractivity contribution is 0.000134. The zero-order chi connectivity index (χ0) is 16.7. The van der Waals surface area contributed by atoms with Gasteiger partial charge in [0.1, 0.15) is 5.84 Å². The van der Waals surface area contributed by atoms with E-state index in [4.69, 9.17) is 15.2 Å². The molecule has 0 saturated carbocycles. The predicted octanol–water partition coefficient (Wildman–Crippen LogP) is 2.65. The number of hydrogen-bond acceptors (Lipinski definition) is 4. The molecule has 0 aliphatic rings. The normalized spacial score (nSPS) is 10.9. The first-order valence-electron chi connectivity index (χ1n) is 6.86. The molecule has 6 nitrogen and oxygen atoms in total. The second-order valence-electron chi connectivity index (χ2n) is 4.69. The molecule has 0 fully saturated rings. The minimum absolute atomic E-state index is 0.0353. The number of benzene rings is 2. The Morgan fingerprint density at radius 2 is 1.70 bits per heavy atom. The van der Waals surface area contributed by atoms with E-state index in [9.17, 15) is 9.59 Å². The number of amides is 1. The van der Waals surface area contributed by atoms with Gasteiger partial charge in [-0.25, -0.2) is 9.59 Å². The minimum Gasteiger partial charge on any atom is -0.424 e. The van der Waals surface area contributed by atoms with Gasteiger partial charge < -0.3 is 15.2 Å². The number of aliphatic imine (C=N–C) groups is 1. The van der Waals surface area contributed by atoms with E-state index in [2.05, 4.69) is 4.99 Å². The summed E-state index contributed by atoms with van der Waals surface area (Å²) >= 11 is 0. The average molecular weight is 312 g/mol. The molecule has 0 aliphatic carbocycles. The summed E-state index contributed by atoms with van der Waals surface area (Å²) in [4.78, 5) is 26.8. The number of nitrogens with zero attached hydrogens (tertiary/aromatic N) is 1. The highest BCUT2D eigenvalue weighted by Gasteiger charge is 2.08. The van der Waals surface area contributed by atoms with Crippen LogP contribution in [0.4, 0.5) is 4.79 Å². The Morgan fingerprint density at radius 3 is 2.39 bits per heavy atom. The van der Waals surface area contributed by atoms with E-state index in [0.29, 0.717) is 11.1 Å². The highest BCUT2D eigenvalue weighted by Crippen LogP contribution is 2.04. The van der Waals surface area contributed by atoms with Gasteiger partial charge in [-0.15, -0.1) is 0 Å². The standard InChI is InChI=1S/C17H16N2O4/c1-12-6-5-9-14(10-12)15(18)19-17(21)23-11-22-16(20)13-7-3-2-4-8-13/h2-10H,11H2,1H3,(H2,18,19,21). The van der Waals surface area contributed by atoms with Gasteiger partial charge in [0.15, 0.2) is 0 Å². The molecule has 2 aromatic carbocycles. The minimum atomic E-state index is -0.926. The lowest BCUT2D eigenvalue weighted by Gasteiger charge is -2.05. The summed E-state index contributed by atoms with van der Waals surface area (Å²) in [6, 6.07) is 15.6. The molecule has 0 unspecified atom stereocenters. The number of amidine groups is 1. The average Bonchev–Trinajstić information content (AvgIpc) is 2.55. The van der Waals surface area contributed by atoms with Gasteiger partial charge in [-0.3, -0.25) is 0 Å². The second-order valence-corrected chi connectivity index (χ2v) is 4.69. The maximum Gasteiger partial charge on any atom is 0.438 e. The Bertz CT molecular complexity index is 726. The van der Waals surface area contributed by atoms with Crippen molar-refractivity contribution in [3.05, 3.63) is 71.3 Å². The SMILES string of the molecule is Cc1cccc(C(N)=NC(=O)OCOC(=O)c2ccccc2)c1. The molecule has 0 radical (unpaired) electrons. The Morgan fingerprint density at radius 1 is 1.00 bits per heavy atom. The fraction of sp³-hybridized carbons (Fsp3) is 0.118. The third kappa shape index (κ3) is 4.96. The number of carbonyl (C=O) groups is 2. The van der Waals surface area contributed by atoms with Crippen LogP contribution in [0, 0.1) is 6.92 Å². The molecule has 118 valence electrons. The van der Waals surface area contributed by atoms with E-state index >= 15 is 0 Å². The number of esters is 1. The number of nitrogens with two attached hydrogens (primary N) is 1. The Kier molecular flexibility index (Phi) is 5.46. The van der Waals surface area contributed by atoms with Crippen LogP contribution in [0.3, 0.4) is 0 Å². The van der Waals surface area contributed by atoms with Crippen LogP contribution < -0.4 is 5.73 Å². The van der Waals surface area contributed by atoms with Crippen LogP contribution in [0.5, 0.6) is 0 Å². The molecule has 2 N–H and O–H groups in total. The van der Waals surface area contributed by atoms with Gasteiger partial charge in [0.05, 0.1) is 5.56 Å². The predicted molar refractivity (Wildman–Crippen MR) is 85.1 cm³/mol. The molecule has 0 heterocycles. The lowest BCUT2D eigenvalue weighted by atomic mass is 10.1. The third-order valence-electron chi connectivity index (χ3n) is 2.91. The monoisotopic (exact) mass is 312 g/mol. The molecule has 0 bridgehead atoms. The number of ether oxygens (including phenoxy) is 2. The molecule has 2 aromatic rings. The first-order valence-corrected chi connectivity index (χ1v) is 6.86. The molecule has 0 saturated heterocycles. The van der Waals surface area contributed by atoms with Crippen LogP contribution in [0.15, 0.2) is 59.6 Å². The van der Waals surface area contributed by atoms with Crippen molar-refractivity contribution >= 4 is 17.9 Å². The summed E-state index contributed by atoms with van der Waals surface area (Å²) in [5.41, 5.74) is 7.70. The molecule has 0 aliphatic heterocycles. The van der Waals surface area contributed by atoms with Crippen molar-refractivity contribution in [2.24, 2.45) is 10.7 Å². The number of rotatable bonds is 4. The van der Waals surface area contributed by atoms with Gasteiger partial charge >= 0.3 is 12.1 Å². The molecule has 6 heteroatoms. The highest BCUT2D eigenvalue weighted by atomic mass is 16.7. The summed E-state index contributed by atoms with van der Waals surface area (Å²) in [6.07, 6.45) is -0.926. The number of carbonyl (C=O) groups excluding carboxylic acids is 2. The van der Waals surface area contributed by atoms with Crippen molar-refractivity contribution in [2.45, 2.75) is 6.92 Å². The van der Waals surface area contributed by atoms with Gasteiger partial charge in [0.25, 0.3) is 0 Å². The molecule has 0 aromatic heterocycles. The zero-order valence-corrected chi connectivity index (χ0v) is 12.6. The maximum atomic E-state index is 11.6. The lowest BCUT2D eigenvalue weighted by Crippen LogP contribution is -2.17. The van der Waals surface area contributed by atoms with E-state index in [1.165, 1.54) is 0 Å². The summed E-state index contributed by atoms with van der Waals surface area (Å²) < 4.78 is 9.52. The van der Waals surface area contributed by atoms with Gasteiger partial charge in [0, 0.05) is 5.56 Å². The number of hydrogen-bond donors (Lipinski definition) is 1. The Labute approximate surface area is 133 Å². The van der Waals surface area contributed by atoms with Gasteiger partial charge in [-0.1, -0.05) is 42.0 Å². The van der Waals surface area contributed by atoms with Gasteiger partial charge in [-0.2, -0.15) is 4.99 Å². The van der Waals surface area contributed by atoms with Crippen molar-refractivity contribution in [3.63, 3.8) is 0 Å². The smallest absolute Gasteiger partial charge is 0.424 e. The van der Waals surface area contributed by atoms with Gasteiger partial charge in [-0.05, 0) is 25.1 Å². The topological polar surface area (TPSA) is 91.0 Å². The van der Waals surface area contributed by atoms with E-state index in [-0.39, 0.29) is 5.84 Å². The molecule has 2 rings (SSSR count). The van der Waals surface area contributed by atoms with Crippen molar-refractivity contribution in [2.75, 3.05) is 6.79 Å². The summed E-state index contributed by atoms with van der Waals surface area (Å²) in [5, 5.41) is 0. The quantitative estimate of drug-likeness (QED) is 0.405. The van der Waals surface area contributed by atoms with Crippen molar-refractivity contribution in [1.82, 2.24) is 0 Å². The Balaban J connectivity index is 1.85. The van der Waals surface area contributed by atoms with Crippen LogP contribution in [-0.4, -0.2) is 24.7 Å². The fourth-order valence-electron chi connectivity index (χ4n) is 1.79. The first kappa shape index (κ1) is 16.2. The summed E-state index contributed by atoms with van der Waals surface area (Å²) in [7, 11) is 0. The first-order chi connectivity index (χ1) is 11.1. The Hall–Kier alpha value is -3.15. The molecular formula is C17H16N2O4. The van der Waals surface area contributed by atoms with E-state index in [0.717, 1.165) is 5.56 Å². The number of aryl methyl sites for hydroxylation is 1. The highest BCUT2D eigenvalue weighted by molar-refractivity contribution is 6.02. The van der Waals surface area contributed by atoms with E-state index < -0.39 is 18.9 Å². The fourth-order valence-corrected chi connectivity index (χ4v) is 1.79. The zero-order valence-electron chi connectivity index (χ0n) is 12.6. The van der Waals surface area contributed by atoms with Crippen LogP contribution >= 0.6 is 0 Å². The van der Waals surface area contributed by atoms with Gasteiger partial charge in [0.2, 0.25) is 6.79 Å².